The molecule has 1 aromatic heterocycles. The van der Waals surface area contributed by atoms with E-state index in [4.69, 9.17) is 4.74 Å². The van der Waals surface area contributed by atoms with Crippen molar-refractivity contribution in [1.29, 1.82) is 0 Å². The van der Waals surface area contributed by atoms with Crippen molar-refractivity contribution in [1.82, 2.24) is 9.97 Å². The van der Waals surface area contributed by atoms with E-state index >= 15 is 0 Å². The number of allylic oxidation sites excluding steroid dienone is 2. The number of rotatable bonds is 14. The second kappa shape index (κ2) is 14.3. The molecule has 3 nitrogen and oxygen atoms in total. The van der Waals surface area contributed by atoms with Crippen LogP contribution < -0.4 is 0 Å². The molecule has 1 unspecified atom stereocenters. The van der Waals surface area contributed by atoms with Gasteiger partial charge in [0.05, 0.1) is 29.9 Å². The topological polar surface area (TPSA) is 35.0 Å². The van der Waals surface area contributed by atoms with Crippen LogP contribution >= 0.6 is 0 Å². The maximum absolute atomic E-state index is 5.87. The van der Waals surface area contributed by atoms with E-state index in [2.05, 4.69) is 91.1 Å². The van der Waals surface area contributed by atoms with Gasteiger partial charge in [-0.05, 0) is 50.2 Å². The number of unbranched alkanes of at least 4 members (excludes halogenated alkanes) is 3. The molecule has 1 atom stereocenters. The van der Waals surface area contributed by atoms with Gasteiger partial charge in [-0.3, -0.25) is 9.97 Å². The Hall–Kier alpha value is -3.04. The molecule has 34 heavy (non-hydrogen) atoms. The first kappa shape index (κ1) is 25.6. The van der Waals surface area contributed by atoms with Crippen LogP contribution in [0.3, 0.4) is 0 Å². The average molecular weight is 455 g/mol. The Bertz CT molecular complexity index is 1000. The zero-order valence-electron chi connectivity index (χ0n) is 20.7. The summed E-state index contributed by atoms with van der Waals surface area (Å²) in [6.07, 6.45) is 18.3. The fourth-order valence-electron chi connectivity index (χ4n) is 3.83. The molecular weight excluding hydrogens is 416 g/mol. The van der Waals surface area contributed by atoms with E-state index in [1.165, 1.54) is 30.4 Å². The summed E-state index contributed by atoms with van der Waals surface area (Å²) < 4.78 is 5.87. The van der Waals surface area contributed by atoms with Gasteiger partial charge in [-0.1, -0.05) is 86.5 Å². The van der Waals surface area contributed by atoms with Crippen molar-refractivity contribution in [3.05, 3.63) is 90.8 Å². The van der Waals surface area contributed by atoms with E-state index in [-0.39, 0.29) is 0 Å². The quantitative estimate of drug-likeness (QED) is 0.181. The summed E-state index contributed by atoms with van der Waals surface area (Å²) in [5, 5.41) is 0. The van der Waals surface area contributed by atoms with Crippen molar-refractivity contribution in [2.75, 3.05) is 6.61 Å². The Morgan fingerprint density at radius 1 is 0.882 bits per heavy atom. The molecule has 178 valence electrons. The highest BCUT2D eigenvalue weighted by Gasteiger charge is 2.04. The monoisotopic (exact) mass is 454 g/mol. The molecule has 0 amide bonds. The van der Waals surface area contributed by atoms with Crippen LogP contribution in [0.25, 0.3) is 28.6 Å². The Balaban J connectivity index is 1.46. The Morgan fingerprint density at radius 2 is 1.53 bits per heavy atom. The predicted octanol–water partition coefficient (Wildman–Crippen LogP) is 8.32. The van der Waals surface area contributed by atoms with Gasteiger partial charge in [-0.2, -0.15) is 0 Å². The second-order valence-electron chi connectivity index (χ2n) is 8.82. The van der Waals surface area contributed by atoms with Gasteiger partial charge in [0.15, 0.2) is 0 Å². The van der Waals surface area contributed by atoms with Gasteiger partial charge in [-0.15, -0.1) is 6.58 Å². The molecule has 0 bridgehead atoms. The fourth-order valence-corrected chi connectivity index (χ4v) is 3.83. The third-order valence-electron chi connectivity index (χ3n) is 5.93. The van der Waals surface area contributed by atoms with Gasteiger partial charge in [-0.25, -0.2) is 0 Å². The van der Waals surface area contributed by atoms with Gasteiger partial charge in [0, 0.05) is 17.7 Å². The summed E-state index contributed by atoms with van der Waals surface area (Å²) in [7, 11) is 0. The number of benzene rings is 2. The summed E-state index contributed by atoms with van der Waals surface area (Å²) in [6.45, 7) is 9.09. The van der Waals surface area contributed by atoms with Crippen LogP contribution in [0, 0.1) is 0 Å². The first-order chi connectivity index (χ1) is 16.7. The molecule has 0 radical (unpaired) electrons. The zero-order chi connectivity index (χ0) is 24.0. The lowest BCUT2D eigenvalue weighted by atomic mass is 10.1. The molecule has 0 N–H and O–H groups in total. The minimum Gasteiger partial charge on any atom is -0.379 e. The third kappa shape index (κ3) is 8.39. The van der Waals surface area contributed by atoms with Crippen LogP contribution in [-0.4, -0.2) is 22.7 Å². The molecule has 2 aromatic carbocycles. The van der Waals surface area contributed by atoms with Crippen molar-refractivity contribution in [3.63, 3.8) is 0 Å². The average Bonchev–Trinajstić information content (AvgIpc) is 2.88. The summed E-state index contributed by atoms with van der Waals surface area (Å²) in [5.74, 6) is 0. The van der Waals surface area contributed by atoms with E-state index in [0.29, 0.717) is 6.10 Å². The molecule has 0 saturated heterocycles. The maximum atomic E-state index is 5.87. The van der Waals surface area contributed by atoms with Crippen LogP contribution in [-0.2, 0) is 11.2 Å². The molecule has 0 aliphatic rings. The van der Waals surface area contributed by atoms with E-state index in [0.717, 1.165) is 54.8 Å². The molecule has 3 heteroatoms. The van der Waals surface area contributed by atoms with E-state index < -0.39 is 0 Å². The molecule has 3 aromatic rings. The zero-order valence-corrected chi connectivity index (χ0v) is 20.7. The fraction of sp³-hybridized carbons (Fsp3) is 0.355. The summed E-state index contributed by atoms with van der Waals surface area (Å²) >= 11 is 0. The van der Waals surface area contributed by atoms with Gasteiger partial charge < -0.3 is 4.74 Å². The number of ether oxygens (including phenoxy) is 1. The van der Waals surface area contributed by atoms with Crippen LogP contribution in [0.1, 0.15) is 63.5 Å². The van der Waals surface area contributed by atoms with E-state index in [9.17, 15) is 0 Å². The van der Waals surface area contributed by atoms with E-state index in [1.54, 1.807) is 0 Å². The van der Waals surface area contributed by atoms with Crippen molar-refractivity contribution >= 4 is 6.08 Å². The highest BCUT2D eigenvalue weighted by molar-refractivity contribution is 5.64. The lowest BCUT2D eigenvalue weighted by Crippen LogP contribution is -2.08. The smallest absolute Gasteiger partial charge is 0.0885 e. The summed E-state index contributed by atoms with van der Waals surface area (Å²) in [4.78, 5) is 9.27. The highest BCUT2D eigenvalue weighted by atomic mass is 16.5. The lowest BCUT2D eigenvalue weighted by Gasteiger charge is -2.11. The lowest BCUT2D eigenvalue weighted by molar-refractivity contribution is 0.0566. The van der Waals surface area contributed by atoms with Crippen molar-refractivity contribution in [3.8, 4) is 22.5 Å². The number of hydrogen-bond acceptors (Lipinski definition) is 3. The van der Waals surface area contributed by atoms with Gasteiger partial charge >= 0.3 is 0 Å². The van der Waals surface area contributed by atoms with Crippen molar-refractivity contribution in [2.45, 2.75) is 64.9 Å². The van der Waals surface area contributed by atoms with Gasteiger partial charge in [0.1, 0.15) is 0 Å². The highest BCUT2D eigenvalue weighted by Crippen LogP contribution is 2.21. The number of aromatic nitrogens is 2. The van der Waals surface area contributed by atoms with Gasteiger partial charge in [0.2, 0.25) is 0 Å². The Kier molecular flexibility index (Phi) is 10.7. The van der Waals surface area contributed by atoms with Crippen LogP contribution in [0.15, 0.2) is 79.7 Å². The molecular formula is C31H38N2O. The van der Waals surface area contributed by atoms with Crippen molar-refractivity contribution < 1.29 is 4.74 Å². The first-order valence-corrected chi connectivity index (χ1v) is 12.6. The molecule has 1 heterocycles. The second-order valence-corrected chi connectivity index (χ2v) is 8.82. The van der Waals surface area contributed by atoms with Crippen LogP contribution in [0.4, 0.5) is 0 Å². The minimum atomic E-state index is 0.355. The standard InChI is InChI=1S/C31H38N2O/c1-4-6-10-22-34-25(3)12-8-7-9-13-27-16-20-29(21-17-27)31-24-32-30(23-33-31)28-18-14-26(11-5-2)15-19-28/h5,9,13-21,23-25H,2,4,6-8,10-12,22H2,1,3H3. The van der Waals surface area contributed by atoms with Crippen molar-refractivity contribution in [2.24, 2.45) is 0 Å². The Morgan fingerprint density at radius 3 is 2.12 bits per heavy atom. The number of hydrogen-bond donors (Lipinski definition) is 0. The molecule has 0 saturated carbocycles. The summed E-state index contributed by atoms with van der Waals surface area (Å²) in [6, 6.07) is 16.9. The molecule has 0 spiro atoms. The SMILES string of the molecule is C=CCc1ccc(-c2cnc(-c3ccc(C=CCCCC(C)OCCCCC)cc3)cn2)cc1. The van der Waals surface area contributed by atoms with Crippen LogP contribution in [0.5, 0.6) is 0 Å². The summed E-state index contributed by atoms with van der Waals surface area (Å²) in [5.41, 5.74) is 6.37. The van der Waals surface area contributed by atoms with Gasteiger partial charge in [0.25, 0.3) is 0 Å². The molecule has 0 aliphatic carbocycles. The maximum Gasteiger partial charge on any atom is 0.0885 e. The van der Waals surface area contributed by atoms with E-state index in [1.807, 2.05) is 18.5 Å². The normalized spacial score (nSPS) is 12.2. The Labute approximate surface area is 205 Å². The molecule has 0 aliphatic heterocycles. The van der Waals surface area contributed by atoms with Crippen LogP contribution in [0.2, 0.25) is 0 Å². The minimum absolute atomic E-state index is 0.355. The first-order valence-electron chi connectivity index (χ1n) is 12.6. The number of nitrogens with zero attached hydrogens (tertiary/aromatic N) is 2. The molecule has 0 fully saturated rings. The molecule has 3 rings (SSSR count). The third-order valence-corrected chi connectivity index (χ3v) is 5.93. The largest absolute Gasteiger partial charge is 0.379 e. The predicted molar refractivity (Wildman–Crippen MR) is 145 cm³/mol.